The first-order valence-electron chi connectivity index (χ1n) is 9.42. The summed E-state index contributed by atoms with van der Waals surface area (Å²) in [5.41, 5.74) is 4.49. The van der Waals surface area contributed by atoms with E-state index in [1.807, 2.05) is 36.0 Å². The fourth-order valence-corrected chi connectivity index (χ4v) is 4.05. The number of benzene rings is 4. The molecule has 3 nitrogen and oxygen atoms in total. The fraction of sp³-hybridized carbons (Fsp3) is 0.0800. The third kappa shape index (κ3) is 2.48. The number of nitrogens with one attached hydrogen (secondary N) is 1. The Morgan fingerprint density at radius 3 is 2.32 bits per heavy atom. The second-order valence-corrected chi connectivity index (χ2v) is 7.25. The van der Waals surface area contributed by atoms with Gasteiger partial charge in [-0.25, -0.2) is 0 Å². The third-order valence-electron chi connectivity index (χ3n) is 5.64. The summed E-state index contributed by atoms with van der Waals surface area (Å²) >= 11 is 0. The Balaban J connectivity index is 1.51. The zero-order chi connectivity index (χ0) is 19.3. The number of nitrogens with zero attached hydrogens (tertiary/aromatic N) is 2. The molecule has 5 rings (SSSR count). The predicted molar refractivity (Wildman–Crippen MR) is 121 cm³/mol. The van der Waals surface area contributed by atoms with Crippen molar-refractivity contribution in [3.63, 3.8) is 0 Å². The van der Waals surface area contributed by atoms with Crippen molar-refractivity contribution in [2.45, 2.75) is 0 Å². The highest BCUT2D eigenvalue weighted by molar-refractivity contribution is 6.13. The Morgan fingerprint density at radius 2 is 1.46 bits per heavy atom. The van der Waals surface area contributed by atoms with E-state index in [-0.39, 0.29) is 0 Å². The van der Waals surface area contributed by atoms with Crippen molar-refractivity contribution < 1.29 is 0 Å². The van der Waals surface area contributed by atoms with Gasteiger partial charge in [-0.3, -0.25) is 5.41 Å². The largest absolute Gasteiger partial charge is 0.316 e. The van der Waals surface area contributed by atoms with E-state index in [0.717, 1.165) is 11.4 Å². The maximum absolute atomic E-state index is 8.81. The minimum absolute atomic E-state index is 0.434. The highest BCUT2D eigenvalue weighted by Crippen LogP contribution is 2.37. The number of hydrogen-bond acceptors (Lipinski definition) is 1. The van der Waals surface area contributed by atoms with Crippen molar-refractivity contribution in [3.05, 3.63) is 83.9 Å². The summed E-state index contributed by atoms with van der Waals surface area (Å²) in [7, 11) is 3.91. The van der Waals surface area contributed by atoms with Crippen LogP contribution < -0.4 is 9.80 Å². The Kier molecular flexibility index (Phi) is 3.69. The van der Waals surface area contributed by atoms with E-state index in [9.17, 15) is 0 Å². The second-order valence-electron chi connectivity index (χ2n) is 7.25. The molecule has 0 unspecified atom stereocenters. The van der Waals surface area contributed by atoms with Crippen LogP contribution in [0.2, 0.25) is 0 Å². The minimum atomic E-state index is 0.434. The molecular weight excluding hydrogens is 342 g/mol. The summed E-state index contributed by atoms with van der Waals surface area (Å²) in [6, 6.07) is 25.3. The van der Waals surface area contributed by atoms with Gasteiger partial charge in [0.25, 0.3) is 0 Å². The van der Waals surface area contributed by atoms with Gasteiger partial charge in [0.15, 0.2) is 0 Å². The summed E-state index contributed by atoms with van der Waals surface area (Å²) in [5, 5.41) is 13.7. The van der Waals surface area contributed by atoms with Gasteiger partial charge in [0.1, 0.15) is 0 Å². The molecule has 4 aromatic rings. The molecule has 1 aliphatic rings. The standard InChI is InChI=1S/C25H21N3/c1-27(21-13-10-17-6-3-4-7-20(17)16-21)25(26)28(2)23-15-12-19-9-5-8-18-11-14-22(23)24(18)19/h3-16,26H,1-2H3. The summed E-state index contributed by atoms with van der Waals surface area (Å²) < 4.78 is 0. The van der Waals surface area contributed by atoms with E-state index >= 15 is 0 Å². The molecule has 1 aliphatic carbocycles. The van der Waals surface area contributed by atoms with Gasteiger partial charge in [-0.05, 0) is 45.3 Å². The Hall–Kier alpha value is -3.59. The van der Waals surface area contributed by atoms with Crippen molar-refractivity contribution >= 4 is 51.0 Å². The molecule has 28 heavy (non-hydrogen) atoms. The van der Waals surface area contributed by atoms with Gasteiger partial charge >= 0.3 is 0 Å². The van der Waals surface area contributed by atoms with Crippen LogP contribution in [0.5, 0.6) is 0 Å². The molecule has 1 N–H and O–H groups in total. The lowest BCUT2D eigenvalue weighted by Crippen LogP contribution is -2.40. The van der Waals surface area contributed by atoms with Gasteiger partial charge in [-0.1, -0.05) is 66.7 Å². The fourth-order valence-electron chi connectivity index (χ4n) is 4.05. The van der Waals surface area contributed by atoms with Gasteiger partial charge in [0.2, 0.25) is 5.96 Å². The average Bonchev–Trinajstić information content (AvgIpc) is 3.18. The number of anilines is 2. The predicted octanol–water partition coefficient (Wildman–Crippen LogP) is 5.98. The van der Waals surface area contributed by atoms with E-state index in [0.29, 0.717) is 5.96 Å². The summed E-state index contributed by atoms with van der Waals surface area (Å²) in [6.45, 7) is 0. The Labute approximate surface area is 164 Å². The van der Waals surface area contributed by atoms with E-state index in [2.05, 4.69) is 72.8 Å². The van der Waals surface area contributed by atoms with Crippen LogP contribution in [0.15, 0.2) is 72.8 Å². The van der Waals surface area contributed by atoms with Crippen LogP contribution in [0.3, 0.4) is 0 Å². The average molecular weight is 363 g/mol. The number of guanidine groups is 1. The van der Waals surface area contributed by atoms with E-state index in [1.54, 1.807) is 0 Å². The molecule has 0 spiro atoms. The minimum Gasteiger partial charge on any atom is -0.316 e. The van der Waals surface area contributed by atoms with Crippen LogP contribution >= 0.6 is 0 Å². The van der Waals surface area contributed by atoms with Crippen LogP contribution in [0.4, 0.5) is 11.4 Å². The van der Waals surface area contributed by atoms with Gasteiger partial charge < -0.3 is 9.80 Å². The quantitative estimate of drug-likeness (QED) is 0.309. The molecule has 0 aromatic heterocycles. The molecule has 0 saturated carbocycles. The van der Waals surface area contributed by atoms with Crippen molar-refractivity contribution in [2.75, 3.05) is 23.9 Å². The zero-order valence-electron chi connectivity index (χ0n) is 16.0. The monoisotopic (exact) mass is 363 g/mol. The molecule has 0 amide bonds. The molecule has 4 aromatic carbocycles. The molecule has 0 saturated heterocycles. The smallest absolute Gasteiger partial charge is 0.202 e. The molecule has 0 heterocycles. The zero-order valence-corrected chi connectivity index (χ0v) is 16.0. The van der Waals surface area contributed by atoms with Crippen LogP contribution in [-0.4, -0.2) is 20.1 Å². The molecule has 0 atom stereocenters. The molecule has 0 radical (unpaired) electrons. The lowest BCUT2D eigenvalue weighted by atomic mass is 10.0. The van der Waals surface area contributed by atoms with Crippen LogP contribution in [0.25, 0.3) is 33.7 Å². The lowest BCUT2D eigenvalue weighted by Gasteiger charge is -2.29. The van der Waals surface area contributed by atoms with E-state index < -0.39 is 0 Å². The summed E-state index contributed by atoms with van der Waals surface area (Å²) in [4.78, 5) is 3.88. The van der Waals surface area contributed by atoms with Gasteiger partial charge in [0, 0.05) is 25.3 Å². The van der Waals surface area contributed by atoms with Crippen LogP contribution in [-0.2, 0) is 0 Å². The summed E-state index contributed by atoms with van der Waals surface area (Å²) in [5.74, 6) is 0.434. The van der Waals surface area contributed by atoms with Gasteiger partial charge in [-0.15, -0.1) is 0 Å². The second kappa shape index (κ2) is 6.24. The molecular formula is C25H21N3. The topological polar surface area (TPSA) is 30.3 Å². The number of hydrogen-bond donors (Lipinski definition) is 1. The summed E-state index contributed by atoms with van der Waals surface area (Å²) in [6.07, 6.45) is 4.32. The molecule has 136 valence electrons. The first kappa shape index (κ1) is 16.6. The third-order valence-corrected chi connectivity index (χ3v) is 5.64. The number of fused-ring (bicyclic) bond motifs is 1. The molecule has 0 aliphatic heterocycles. The van der Waals surface area contributed by atoms with Crippen molar-refractivity contribution in [1.82, 2.24) is 0 Å². The molecule has 0 bridgehead atoms. The van der Waals surface area contributed by atoms with Gasteiger partial charge in [0.05, 0.1) is 5.69 Å². The number of rotatable bonds is 2. The lowest BCUT2D eigenvalue weighted by molar-refractivity contribution is 1.12. The molecule has 3 heteroatoms. The van der Waals surface area contributed by atoms with Crippen LogP contribution in [0.1, 0.15) is 11.1 Å². The maximum Gasteiger partial charge on any atom is 0.202 e. The highest BCUT2D eigenvalue weighted by atomic mass is 15.3. The Bertz CT molecular complexity index is 1270. The SMILES string of the molecule is CN(C(=N)N(C)c1ccc2cccc3c2c1C=C3)c1ccc2ccccc2c1. The van der Waals surface area contributed by atoms with Crippen molar-refractivity contribution in [1.29, 1.82) is 5.41 Å². The van der Waals surface area contributed by atoms with Crippen LogP contribution in [0, 0.1) is 5.41 Å². The Morgan fingerprint density at radius 1 is 0.714 bits per heavy atom. The van der Waals surface area contributed by atoms with E-state index in [4.69, 9.17) is 5.41 Å². The first-order chi connectivity index (χ1) is 13.6. The van der Waals surface area contributed by atoms with Crippen molar-refractivity contribution in [3.8, 4) is 0 Å². The van der Waals surface area contributed by atoms with E-state index in [1.165, 1.54) is 32.7 Å². The normalized spacial score (nSPS) is 11.9. The molecule has 0 fully saturated rings. The van der Waals surface area contributed by atoms with Crippen molar-refractivity contribution in [2.24, 2.45) is 0 Å². The first-order valence-corrected chi connectivity index (χ1v) is 9.42. The highest BCUT2D eigenvalue weighted by Gasteiger charge is 2.20. The maximum atomic E-state index is 8.81. The van der Waals surface area contributed by atoms with Gasteiger partial charge in [-0.2, -0.15) is 0 Å².